The summed E-state index contributed by atoms with van der Waals surface area (Å²) >= 11 is 0. The van der Waals surface area contributed by atoms with Gasteiger partial charge in [-0.25, -0.2) is 0 Å². The molecule has 1 unspecified atom stereocenters. The van der Waals surface area contributed by atoms with E-state index in [1.807, 2.05) is 0 Å². The van der Waals surface area contributed by atoms with Crippen LogP contribution in [0.15, 0.2) is 0 Å². The van der Waals surface area contributed by atoms with Crippen molar-refractivity contribution in [3.05, 3.63) is 0 Å². The lowest BCUT2D eigenvalue weighted by Crippen LogP contribution is -2.34. The Kier molecular flexibility index (Phi) is 2.61. The zero-order valence-electron chi connectivity index (χ0n) is 8.76. The highest BCUT2D eigenvalue weighted by atomic mass is 15.2. The fourth-order valence-corrected chi connectivity index (χ4v) is 2.93. The van der Waals surface area contributed by atoms with E-state index in [1.54, 1.807) is 0 Å². The fourth-order valence-electron chi connectivity index (χ4n) is 2.93. The van der Waals surface area contributed by atoms with Crippen molar-refractivity contribution < 1.29 is 0 Å². The predicted octanol–water partition coefficient (Wildman–Crippen LogP) is 1.60. The second-order valence-electron chi connectivity index (χ2n) is 5.30. The van der Waals surface area contributed by atoms with Gasteiger partial charge in [-0.15, -0.1) is 0 Å². The van der Waals surface area contributed by atoms with E-state index < -0.39 is 0 Å². The van der Waals surface area contributed by atoms with Gasteiger partial charge in [0.15, 0.2) is 0 Å². The number of nitrogens with two attached hydrogens (primary N) is 1. The summed E-state index contributed by atoms with van der Waals surface area (Å²) in [5, 5.41) is 0. The van der Waals surface area contributed by atoms with E-state index >= 15 is 0 Å². The molecule has 1 saturated heterocycles. The summed E-state index contributed by atoms with van der Waals surface area (Å²) in [5.74, 6) is 0. The maximum absolute atomic E-state index is 5.90. The van der Waals surface area contributed by atoms with Crippen molar-refractivity contribution in [2.75, 3.05) is 19.6 Å². The molecular formula is C11H22N2. The Labute approximate surface area is 81.5 Å². The average molecular weight is 182 g/mol. The summed E-state index contributed by atoms with van der Waals surface area (Å²) in [7, 11) is 0. The first-order valence-corrected chi connectivity index (χ1v) is 5.66. The van der Waals surface area contributed by atoms with Gasteiger partial charge in [-0.1, -0.05) is 19.8 Å². The number of rotatable bonds is 2. The van der Waals surface area contributed by atoms with Gasteiger partial charge in [0.25, 0.3) is 0 Å². The van der Waals surface area contributed by atoms with E-state index in [0.717, 1.165) is 6.54 Å². The molecule has 1 saturated carbocycles. The van der Waals surface area contributed by atoms with Crippen LogP contribution >= 0.6 is 0 Å². The Balaban J connectivity index is 1.83. The SMILES string of the molecule is CC1(CN2CCC(N)C2)CCCC1. The largest absolute Gasteiger partial charge is 0.326 e. The minimum atomic E-state index is 0.449. The number of hydrogen-bond donors (Lipinski definition) is 1. The Hall–Kier alpha value is -0.0800. The first-order chi connectivity index (χ1) is 6.18. The van der Waals surface area contributed by atoms with Crippen LogP contribution in [0.2, 0.25) is 0 Å². The van der Waals surface area contributed by atoms with E-state index in [-0.39, 0.29) is 0 Å². The lowest BCUT2D eigenvalue weighted by atomic mass is 9.88. The molecule has 2 aliphatic rings. The zero-order valence-corrected chi connectivity index (χ0v) is 8.76. The predicted molar refractivity (Wildman–Crippen MR) is 55.6 cm³/mol. The monoisotopic (exact) mass is 182 g/mol. The highest BCUT2D eigenvalue weighted by molar-refractivity contribution is 4.87. The lowest BCUT2D eigenvalue weighted by molar-refractivity contribution is 0.195. The van der Waals surface area contributed by atoms with E-state index in [2.05, 4.69) is 11.8 Å². The second kappa shape index (κ2) is 3.58. The fraction of sp³-hybridized carbons (Fsp3) is 1.00. The van der Waals surface area contributed by atoms with Crippen molar-refractivity contribution in [3.8, 4) is 0 Å². The standard InChI is InChI=1S/C11H22N2/c1-11(5-2-3-6-11)9-13-7-4-10(12)8-13/h10H,2-9,12H2,1H3. The van der Waals surface area contributed by atoms with Crippen molar-refractivity contribution in [1.29, 1.82) is 0 Å². The molecule has 1 aliphatic carbocycles. The molecule has 13 heavy (non-hydrogen) atoms. The topological polar surface area (TPSA) is 29.3 Å². The molecule has 1 aliphatic heterocycles. The second-order valence-corrected chi connectivity index (χ2v) is 5.30. The summed E-state index contributed by atoms with van der Waals surface area (Å²) in [6.07, 6.45) is 6.94. The smallest absolute Gasteiger partial charge is 0.0180 e. The minimum absolute atomic E-state index is 0.449. The van der Waals surface area contributed by atoms with Gasteiger partial charge >= 0.3 is 0 Å². The molecule has 1 heterocycles. The molecule has 0 spiro atoms. The van der Waals surface area contributed by atoms with Crippen molar-refractivity contribution in [3.63, 3.8) is 0 Å². The molecule has 0 amide bonds. The lowest BCUT2D eigenvalue weighted by Gasteiger charge is -2.29. The van der Waals surface area contributed by atoms with Crippen LogP contribution in [0.25, 0.3) is 0 Å². The molecule has 2 nitrogen and oxygen atoms in total. The van der Waals surface area contributed by atoms with E-state index in [1.165, 1.54) is 45.2 Å². The third kappa shape index (κ3) is 2.23. The van der Waals surface area contributed by atoms with Crippen LogP contribution in [0.3, 0.4) is 0 Å². The first-order valence-electron chi connectivity index (χ1n) is 5.66. The minimum Gasteiger partial charge on any atom is -0.326 e. The van der Waals surface area contributed by atoms with E-state index in [9.17, 15) is 0 Å². The summed E-state index contributed by atoms with van der Waals surface area (Å²) in [6.45, 7) is 6.11. The average Bonchev–Trinajstić information content (AvgIpc) is 2.62. The highest BCUT2D eigenvalue weighted by Crippen LogP contribution is 2.38. The molecule has 0 aromatic carbocycles. The Morgan fingerprint density at radius 2 is 2.08 bits per heavy atom. The molecule has 1 atom stereocenters. The van der Waals surface area contributed by atoms with Crippen LogP contribution in [-0.2, 0) is 0 Å². The van der Waals surface area contributed by atoms with Crippen LogP contribution in [0.1, 0.15) is 39.0 Å². The van der Waals surface area contributed by atoms with Crippen molar-refractivity contribution >= 4 is 0 Å². The van der Waals surface area contributed by atoms with Gasteiger partial charge < -0.3 is 10.6 Å². The van der Waals surface area contributed by atoms with Crippen molar-refractivity contribution in [1.82, 2.24) is 4.90 Å². The molecule has 0 aromatic rings. The molecule has 76 valence electrons. The van der Waals surface area contributed by atoms with Crippen LogP contribution < -0.4 is 5.73 Å². The van der Waals surface area contributed by atoms with Crippen LogP contribution in [0.5, 0.6) is 0 Å². The maximum atomic E-state index is 5.90. The molecule has 2 heteroatoms. The third-order valence-corrected chi connectivity index (χ3v) is 3.72. The maximum Gasteiger partial charge on any atom is 0.0180 e. The van der Waals surface area contributed by atoms with Gasteiger partial charge in [-0.05, 0) is 31.2 Å². The Morgan fingerprint density at radius 1 is 1.38 bits per heavy atom. The Bertz CT molecular complexity index is 173. The first kappa shape index (κ1) is 9.47. The molecule has 0 aromatic heterocycles. The van der Waals surface area contributed by atoms with E-state index in [4.69, 9.17) is 5.73 Å². The number of nitrogens with zero attached hydrogens (tertiary/aromatic N) is 1. The van der Waals surface area contributed by atoms with E-state index in [0.29, 0.717) is 11.5 Å². The van der Waals surface area contributed by atoms with Gasteiger partial charge in [0, 0.05) is 19.1 Å². The third-order valence-electron chi connectivity index (χ3n) is 3.72. The molecule has 0 bridgehead atoms. The normalized spacial score (nSPS) is 34.2. The van der Waals surface area contributed by atoms with Gasteiger partial charge in [-0.2, -0.15) is 0 Å². The molecule has 2 rings (SSSR count). The Morgan fingerprint density at radius 3 is 2.62 bits per heavy atom. The van der Waals surface area contributed by atoms with Gasteiger partial charge in [0.1, 0.15) is 0 Å². The summed E-state index contributed by atoms with van der Waals surface area (Å²) in [4.78, 5) is 2.57. The van der Waals surface area contributed by atoms with Crippen molar-refractivity contribution in [2.24, 2.45) is 11.1 Å². The number of likely N-dealkylation sites (tertiary alicyclic amines) is 1. The molecule has 2 N–H and O–H groups in total. The van der Waals surface area contributed by atoms with Crippen LogP contribution in [-0.4, -0.2) is 30.6 Å². The molecular weight excluding hydrogens is 160 g/mol. The summed E-state index contributed by atoms with van der Waals surface area (Å²) < 4.78 is 0. The van der Waals surface area contributed by atoms with Gasteiger partial charge in [0.05, 0.1) is 0 Å². The molecule has 0 radical (unpaired) electrons. The van der Waals surface area contributed by atoms with Gasteiger partial charge in [-0.3, -0.25) is 0 Å². The highest BCUT2D eigenvalue weighted by Gasteiger charge is 2.32. The van der Waals surface area contributed by atoms with Crippen LogP contribution in [0, 0.1) is 5.41 Å². The molecule has 2 fully saturated rings. The number of hydrogen-bond acceptors (Lipinski definition) is 2. The zero-order chi connectivity index (χ0) is 9.31. The van der Waals surface area contributed by atoms with Crippen LogP contribution in [0.4, 0.5) is 0 Å². The van der Waals surface area contributed by atoms with Gasteiger partial charge in [0.2, 0.25) is 0 Å². The van der Waals surface area contributed by atoms with Crippen molar-refractivity contribution in [2.45, 2.75) is 45.1 Å². The quantitative estimate of drug-likeness (QED) is 0.703. The summed E-state index contributed by atoms with van der Waals surface area (Å²) in [6, 6.07) is 0.449. The summed E-state index contributed by atoms with van der Waals surface area (Å²) in [5.41, 5.74) is 6.52.